The van der Waals surface area contributed by atoms with E-state index in [1.807, 2.05) is 0 Å². The van der Waals surface area contributed by atoms with Crippen LogP contribution in [0.25, 0.3) is 0 Å². The first-order chi connectivity index (χ1) is 8.09. The molecule has 2 unspecified atom stereocenters. The van der Waals surface area contributed by atoms with E-state index in [0.717, 1.165) is 26.1 Å². The van der Waals surface area contributed by atoms with Crippen LogP contribution in [-0.2, 0) is 4.74 Å². The molecule has 0 aromatic rings. The van der Waals surface area contributed by atoms with Crippen LogP contribution in [0.1, 0.15) is 46.0 Å². The summed E-state index contributed by atoms with van der Waals surface area (Å²) in [6, 6.07) is 0. The van der Waals surface area contributed by atoms with E-state index in [1.54, 1.807) is 0 Å². The van der Waals surface area contributed by atoms with Gasteiger partial charge in [0, 0.05) is 13.1 Å². The zero-order chi connectivity index (χ0) is 12.7. The van der Waals surface area contributed by atoms with Crippen LogP contribution in [0.15, 0.2) is 0 Å². The van der Waals surface area contributed by atoms with Crippen LogP contribution in [0, 0.1) is 5.92 Å². The van der Waals surface area contributed by atoms with Gasteiger partial charge >= 0.3 is 0 Å². The molecule has 17 heavy (non-hydrogen) atoms. The Hall–Kier alpha value is -0.120. The Balaban J connectivity index is 2.21. The topological polar surface area (TPSA) is 32.7 Å². The second kappa shape index (κ2) is 8.06. The molecular weight excluding hydrogens is 214 g/mol. The largest absolute Gasteiger partial charge is 0.393 e. The fourth-order valence-electron chi connectivity index (χ4n) is 2.51. The summed E-state index contributed by atoms with van der Waals surface area (Å²) in [5, 5.41) is 10.1. The first-order valence-corrected chi connectivity index (χ1v) is 7.08. The van der Waals surface area contributed by atoms with E-state index in [9.17, 15) is 5.11 Å². The Bertz CT molecular complexity index is 197. The Morgan fingerprint density at radius 1 is 1.24 bits per heavy atom. The highest BCUT2D eigenvalue weighted by Crippen LogP contribution is 2.23. The number of ether oxygens (including phenoxy) is 1. The van der Waals surface area contributed by atoms with Crippen LogP contribution >= 0.6 is 0 Å². The number of hydrogen-bond acceptors (Lipinski definition) is 3. The number of aliphatic hydroxyl groups is 1. The fourth-order valence-corrected chi connectivity index (χ4v) is 2.51. The van der Waals surface area contributed by atoms with Crippen molar-refractivity contribution in [2.24, 2.45) is 5.92 Å². The summed E-state index contributed by atoms with van der Waals surface area (Å²) in [5.74, 6) is 0.460. The second-order valence-electron chi connectivity index (χ2n) is 5.65. The average Bonchev–Trinajstić information content (AvgIpc) is 2.44. The number of aliphatic hydroxyl groups excluding tert-OH is 1. The van der Waals surface area contributed by atoms with E-state index >= 15 is 0 Å². The van der Waals surface area contributed by atoms with Crippen LogP contribution in [0.2, 0.25) is 0 Å². The molecule has 1 aliphatic rings. The van der Waals surface area contributed by atoms with E-state index < -0.39 is 0 Å². The fraction of sp³-hybridized carbons (Fsp3) is 1.00. The lowest BCUT2D eigenvalue weighted by Gasteiger charge is -2.26. The van der Waals surface area contributed by atoms with Gasteiger partial charge < -0.3 is 14.7 Å². The smallest absolute Gasteiger partial charge is 0.0596 e. The number of rotatable bonds is 6. The van der Waals surface area contributed by atoms with Gasteiger partial charge in [0.05, 0.1) is 18.8 Å². The predicted molar refractivity (Wildman–Crippen MR) is 71.2 cm³/mol. The summed E-state index contributed by atoms with van der Waals surface area (Å²) in [4.78, 5) is 2.29. The van der Waals surface area contributed by atoms with Gasteiger partial charge in [0.15, 0.2) is 0 Å². The molecule has 1 aliphatic carbocycles. The lowest BCUT2D eigenvalue weighted by Crippen LogP contribution is -2.34. The zero-order valence-corrected chi connectivity index (χ0v) is 11.7. The molecule has 0 saturated heterocycles. The molecule has 0 amide bonds. The van der Waals surface area contributed by atoms with Gasteiger partial charge in [0.1, 0.15) is 0 Å². The lowest BCUT2D eigenvalue weighted by atomic mass is 9.97. The summed E-state index contributed by atoms with van der Waals surface area (Å²) >= 11 is 0. The van der Waals surface area contributed by atoms with Gasteiger partial charge in [-0.1, -0.05) is 19.3 Å². The van der Waals surface area contributed by atoms with Gasteiger partial charge in [-0.3, -0.25) is 0 Å². The Morgan fingerprint density at radius 2 is 1.94 bits per heavy atom. The summed E-state index contributed by atoms with van der Waals surface area (Å²) in [7, 11) is 2.13. The highest BCUT2D eigenvalue weighted by molar-refractivity contribution is 4.75. The minimum atomic E-state index is -0.0917. The molecule has 3 nitrogen and oxygen atoms in total. The molecule has 1 saturated carbocycles. The maximum absolute atomic E-state index is 10.1. The van der Waals surface area contributed by atoms with Crippen molar-refractivity contribution in [2.45, 2.75) is 58.2 Å². The van der Waals surface area contributed by atoms with Crippen molar-refractivity contribution in [3.63, 3.8) is 0 Å². The molecule has 0 radical (unpaired) electrons. The van der Waals surface area contributed by atoms with Crippen molar-refractivity contribution in [2.75, 3.05) is 26.7 Å². The first-order valence-electron chi connectivity index (χ1n) is 7.08. The Labute approximate surface area is 106 Å². The predicted octanol–water partition coefficient (Wildman–Crippen LogP) is 2.28. The van der Waals surface area contributed by atoms with Crippen LogP contribution < -0.4 is 0 Å². The quantitative estimate of drug-likeness (QED) is 0.727. The minimum absolute atomic E-state index is 0.0917. The molecule has 0 spiro atoms. The van der Waals surface area contributed by atoms with Gasteiger partial charge in [-0.2, -0.15) is 0 Å². The van der Waals surface area contributed by atoms with Crippen LogP contribution in [0.4, 0.5) is 0 Å². The monoisotopic (exact) mass is 243 g/mol. The zero-order valence-electron chi connectivity index (χ0n) is 11.7. The molecule has 0 aromatic carbocycles. The molecule has 102 valence electrons. The third kappa shape index (κ3) is 6.39. The molecule has 1 fully saturated rings. The minimum Gasteiger partial charge on any atom is -0.393 e. The van der Waals surface area contributed by atoms with Crippen molar-refractivity contribution in [3.8, 4) is 0 Å². The van der Waals surface area contributed by atoms with Gasteiger partial charge in [0.2, 0.25) is 0 Å². The summed E-state index contributed by atoms with van der Waals surface area (Å²) in [6.45, 7) is 6.88. The highest BCUT2D eigenvalue weighted by atomic mass is 16.5. The van der Waals surface area contributed by atoms with Crippen molar-refractivity contribution in [1.29, 1.82) is 0 Å². The van der Waals surface area contributed by atoms with E-state index in [1.165, 1.54) is 25.7 Å². The molecule has 2 atom stereocenters. The maximum atomic E-state index is 10.1. The van der Waals surface area contributed by atoms with E-state index in [-0.39, 0.29) is 6.10 Å². The molecule has 0 bridgehead atoms. The van der Waals surface area contributed by atoms with Crippen LogP contribution in [-0.4, -0.2) is 49.0 Å². The van der Waals surface area contributed by atoms with Gasteiger partial charge in [-0.05, 0) is 39.7 Å². The molecule has 0 aliphatic heterocycles. The van der Waals surface area contributed by atoms with Gasteiger partial charge in [0.25, 0.3) is 0 Å². The van der Waals surface area contributed by atoms with Crippen LogP contribution in [0.5, 0.6) is 0 Å². The molecular formula is C14H29NO2. The Kier molecular flexibility index (Phi) is 7.09. The third-order valence-electron chi connectivity index (χ3n) is 3.59. The average molecular weight is 243 g/mol. The molecule has 0 heterocycles. The molecule has 3 heteroatoms. The molecule has 1 N–H and O–H groups in total. The summed E-state index contributed by atoms with van der Waals surface area (Å²) in [6.07, 6.45) is 6.14. The van der Waals surface area contributed by atoms with Gasteiger partial charge in [-0.15, -0.1) is 0 Å². The first kappa shape index (κ1) is 14.9. The second-order valence-corrected chi connectivity index (χ2v) is 5.65. The van der Waals surface area contributed by atoms with Gasteiger partial charge in [-0.25, -0.2) is 0 Å². The standard InChI is InChI=1S/C14H29NO2/c1-12(2)17-10-9-15(3)11-13-7-5-4-6-8-14(13)16/h12-14,16H,4-11H2,1-3H3. The van der Waals surface area contributed by atoms with E-state index in [4.69, 9.17) is 4.74 Å². The van der Waals surface area contributed by atoms with Crippen molar-refractivity contribution in [3.05, 3.63) is 0 Å². The summed E-state index contributed by atoms with van der Waals surface area (Å²) in [5.41, 5.74) is 0. The summed E-state index contributed by atoms with van der Waals surface area (Å²) < 4.78 is 5.55. The number of likely N-dealkylation sites (N-methyl/N-ethyl adjacent to an activating group) is 1. The van der Waals surface area contributed by atoms with Crippen molar-refractivity contribution < 1.29 is 9.84 Å². The number of nitrogens with zero attached hydrogens (tertiary/aromatic N) is 1. The maximum Gasteiger partial charge on any atom is 0.0596 e. The normalized spacial score (nSPS) is 26.5. The highest BCUT2D eigenvalue weighted by Gasteiger charge is 2.22. The molecule has 0 aromatic heterocycles. The lowest BCUT2D eigenvalue weighted by molar-refractivity contribution is 0.0457. The molecule has 1 rings (SSSR count). The Morgan fingerprint density at radius 3 is 2.65 bits per heavy atom. The van der Waals surface area contributed by atoms with E-state index in [0.29, 0.717) is 12.0 Å². The van der Waals surface area contributed by atoms with Crippen molar-refractivity contribution >= 4 is 0 Å². The van der Waals surface area contributed by atoms with E-state index in [2.05, 4.69) is 25.8 Å². The van der Waals surface area contributed by atoms with Crippen molar-refractivity contribution in [1.82, 2.24) is 4.90 Å². The van der Waals surface area contributed by atoms with Crippen LogP contribution in [0.3, 0.4) is 0 Å². The SMILES string of the molecule is CC(C)OCCN(C)CC1CCCCCC1O. The third-order valence-corrected chi connectivity index (χ3v) is 3.59. The number of hydrogen-bond donors (Lipinski definition) is 1.